The number of aromatic nitrogens is 2. The lowest BCUT2D eigenvalue weighted by Crippen LogP contribution is -2.22. The lowest BCUT2D eigenvalue weighted by molar-refractivity contribution is -0.137. The van der Waals surface area contributed by atoms with Crippen molar-refractivity contribution in [3.05, 3.63) is 64.2 Å². The van der Waals surface area contributed by atoms with E-state index in [4.69, 9.17) is 0 Å². The van der Waals surface area contributed by atoms with Crippen LogP contribution in [-0.2, 0) is 17.4 Å². The summed E-state index contributed by atoms with van der Waals surface area (Å²) in [6, 6.07) is 10.4. The molecule has 0 bridgehead atoms. The summed E-state index contributed by atoms with van der Waals surface area (Å²) >= 11 is 0. The van der Waals surface area contributed by atoms with Crippen molar-refractivity contribution in [2.45, 2.75) is 38.3 Å². The van der Waals surface area contributed by atoms with Crippen molar-refractivity contribution in [2.24, 2.45) is 0 Å². The lowest BCUT2D eigenvalue weighted by Gasteiger charge is -2.23. The number of nitrogens with one attached hydrogen (secondary N) is 2. The van der Waals surface area contributed by atoms with Crippen LogP contribution in [0.25, 0.3) is 10.9 Å². The standard InChI is InChI=1S/C23H23F3N4O2/c24-23(25,26)15-10-11-19(30-12-3-4-13-30)18(14-15)28-21(31)9-5-8-20-27-17-7-2-1-6-16(17)22(32)29-20/h1-2,6-7,10-11,14H,3-5,8-9,12-13H2,(H,28,31)(H,27,29,32). The summed E-state index contributed by atoms with van der Waals surface area (Å²) in [7, 11) is 0. The Hall–Kier alpha value is -3.36. The molecule has 9 heteroatoms. The van der Waals surface area contributed by atoms with Gasteiger partial charge in [-0.1, -0.05) is 12.1 Å². The quantitative estimate of drug-likeness (QED) is 0.587. The van der Waals surface area contributed by atoms with Gasteiger partial charge in [-0.15, -0.1) is 0 Å². The van der Waals surface area contributed by atoms with E-state index in [0.29, 0.717) is 35.3 Å². The van der Waals surface area contributed by atoms with Gasteiger partial charge in [0.1, 0.15) is 5.82 Å². The van der Waals surface area contributed by atoms with Gasteiger partial charge < -0.3 is 15.2 Å². The van der Waals surface area contributed by atoms with Crippen molar-refractivity contribution in [3.63, 3.8) is 0 Å². The number of alkyl halides is 3. The molecule has 1 aliphatic rings. The van der Waals surface area contributed by atoms with E-state index in [2.05, 4.69) is 15.3 Å². The van der Waals surface area contributed by atoms with Gasteiger partial charge in [0.15, 0.2) is 0 Å². The van der Waals surface area contributed by atoms with E-state index in [0.717, 1.165) is 38.1 Å². The van der Waals surface area contributed by atoms with Gasteiger partial charge in [0.2, 0.25) is 5.91 Å². The molecular formula is C23H23F3N4O2. The SMILES string of the molecule is O=C(CCCc1nc2ccccc2c(=O)[nH]1)Nc1cc(C(F)(F)F)ccc1N1CCCC1. The maximum Gasteiger partial charge on any atom is 0.416 e. The van der Waals surface area contributed by atoms with E-state index in [9.17, 15) is 22.8 Å². The first kappa shape index (κ1) is 21.9. The number of hydrogen-bond donors (Lipinski definition) is 2. The number of hydrogen-bond acceptors (Lipinski definition) is 4. The number of carbonyl (C=O) groups is 1. The van der Waals surface area contributed by atoms with Gasteiger partial charge in [0, 0.05) is 25.9 Å². The van der Waals surface area contributed by atoms with Gasteiger partial charge >= 0.3 is 6.18 Å². The normalized spacial score (nSPS) is 14.2. The molecule has 32 heavy (non-hydrogen) atoms. The second kappa shape index (κ2) is 9.02. The van der Waals surface area contributed by atoms with Crippen LogP contribution in [0.3, 0.4) is 0 Å². The van der Waals surface area contributed by atoms with E-state index in [1.165, 1.54) is 6.07 Å². The third-order valence-corrected chi connectivity index (χ3v) is 5.52. The molecule has 0 aliphatic carbocycles. The molecule has 1 fully saturated rings. The Bertz CT molecular complexity index is 1180. The molecule has 1 aromatic heterocycles. The first-order valence-electron chi connectivity index (χ1n) is 10.6. The minimum atomic E-state index is -4.49. The van der Waals surface area contributed by atoms with Crippen molar-refractivity contribution < 1.29 is 18.0 Å². The molecule has 0 spiro atoms. The number of carbonyl (C=O) groups excluding carboxylic acids is 1. The summed E-state index contributed by atoms with van der Waals surface area (Å²) in [6.07, 6.45) is -1.71. The smallest absolute Gasteiger partial charge is 0.370 e. The van der Waals surface area contributed by atoms with Gasteiger partial charge in [-0.05, 0) is 49.6 Å². The average molecular weight is 444 g/mol. The predicted molar refractivity (Wildman–Crippen MR) is 117 cm³/mol. The van der Waals surface area contributed by atoms with Crippen LogP contribution < -0.4 is 15.8 Å². The Kier molecular flexibility index (Phi) is 6.16. The monoisotopic (exact) mass is 444 g/mol. The highest BCUT2D eigenvalue weighted by molar-refractivity contribution is 5.94. The van der Waals surface area contributed by atoms with E-state index in [1.54, 1.807) is 24.3 Å². The molecule has 2 N–H and O–H groups in total. The summed E-state index contributed by atoms with van der Waals surface area (Å²) in [4.78, 5) is 33.8. The summed E-state index contributed by atoms with van der Waals surface area (Å²) in [5.41, 5.74) is 0.311. The fourth-order valence-corrected chi connectivity index (χ4v) is 3.93. The highest BCUT2D eigenvalue weighted by atomic mass is 19.4. The van der Waals surface area contributed by atoms with Gasteiger partial charge in [-0.3, -0.25) is 9.59 Å². The Morgan fingerprint density at radius 2 is 1.88 bits per heavy atom. The number of H-pyrrole nitrogens is 1. The minimum Gasteiger partial charge on any atom is -0.370 e. The second-order valence-corrected chi connectivity index (χ2v) is 7.86. The molecule has 4 rings (SSSR count). The number of para-hydroxylation sites is 1. The second-order valence-electron chi connectivity index (χ2n) is 7.86. The van der Waals surface area contributed by atoms with E-state index in [-0.39, 0.29) is 23.6 Å². The molecule has 3 aromatic rings. The van der Waals surface area contributed by atoms with E-state index >= 15 is 0 Å². The van der Waals surface area contributed by atoms with Crippen molar-refractivity contribution in [3.8, 4) is 0 Å². The van der Waals surface area contributed by atoms with Crippen LogP contribution in [0.1, 0.15) is 37.1 Å². The number of halogens is 3. The number of aromatic amines is 1. The van der Waals surface area contributed by atoms with Gasteiger partial charge in [0.05, 0.1) is 27.8 Å². The molecule has 1 saturated heterocycles. The fraction of sp³-hybridized carbons (Fsp3) is 0.348. The zero-order chi connectivity index (χ0) is 22.7. The zero-order valence-electron chi connectivity index (χ0n) is 17.3. The van der Waals surface area contributed by atoms with Crippen molar-refractivity contribution in [1.82, 2.24) is 9.97 Å². The maximum absolute atomic E-state index is 13.2. The number of nitrogens with zero attached hydrogens (tertiary/aromatic N) is 2. The van der Waals surface area contributed by atoms with Crippen molar-refractivity contribution >= 4 is 28.2 Å². The van der Waals surface area contributed by atoms with Crippen molar-refractivity contribution in [1.29, 1.82) is 0 Å². The molecule has 0 saturated carbocycles. The van der Waals surface area contributed by atoms with Gasteiger partial charge in [-0.2, -0.15) is 13.2 Å². The molecule has 0 atom stereocenters. The molecule has 1 amide bonds. The Balaban J connectivity index is 1.44. The molecule has 2 heterocycles. The Morgan fingerprint density at radius 3 is 2.62 bits per heavy atom. The maximum atomic E-state index is 13.2. The fourth-order valence-electron chi connectivity index (χ4n) is 3.93. The largest absolute Gasteiger partial charge is 0.416 e. The zero-order valence-corrected chi connectivity index (χ0v) is 17.3. The Morgan fingerprint density at radius 1 is 1.12 bits per heavy atom. The third kappa shape index (κ3) is 4.92. The highest BCUT2D eigenvalue weighted by Gasteiger charge is 2.32. The summed E-state index contributed by atoms with van der Waals surface area (Å²) in [5, 5.41) is 3.15. The van der Waals surface area contributed by atoms with Crippen LogP contribution in [0.2, 0.25) is 0 Å². The number of anilines is 2. The number of aryl methyl sites for hydroxylation is 1. The molecule has 168 valence electrons. The molecule has 0 unspecified atom stereocenters. The van der Waals surface area contributed by atoms with Crippen LogP contribution in [0.5, 0.6) is 0 Å². The van der Waals surface area contributed by atoms with Crippen LogP contribution in [0.4, 0.5) is 24.5 Å². The van der Waals surface area contributed by atoms with Gasteiger partial charge in [-0.25, -0.2) is 4.98 Å². The summed E-state index contributed by atoms with van der Waals surface area (Å²) in [5.74, 6) is 0.0891. The summed E-state index contributed by atoms with van der Waals surface area (Å²) in [6.45, 7) is 1.49. The molecule has 0 radical (unpaired) electrons. The van der Waals surface area contributed by atoms with E-state index < -0.39 is 11.7 Å². The first-order chi connectivity index (χ1) is 15.3. The minimum absolute atomic E-state index is 0.0895. The average Bonchev–Trinajstić information content (AvgIpc) is 3.28. The number of rotatable bonds is 6. The van der Waals surface area contributed by atoms with E-state index in [1.807, 2.05) is 4.90 Å². The van der Waals surface area contributed by atoms with Crippen LogP contribution >= 0.6 is 0 Å². The molecule has 1 aliphatic heterocycles. The summed E-state index contributed by atoms with van der Waals surface area (Å²) < 4.78 is 39.6. The number of fused-ring (bicyclic) bond motifs is 1. The highest BCUT2D eigenvalue weighted by Crippen LogP contribution is 2.36. The molecule has 2 aromatic carbocycles. The predicted octanol–water partition coefficient (Wildman–Crippen LogP) is 4.50. The molecule has 6 nitrogen and oxygen atoms in total. The third-order valence-electron chi connectivity index (χ3n) is 5.52. The topological polar surface area (TPSA) is 78.1 Å². The number of amides is 1. The van der Waals surface area contributed by atoms with Gasteiger partial charge in [0.25, 0.3) is 5.56 Å². The Labute approximate surface area is 182 Å². The number of benzene rings is 2. The van der Waals surface area contributed by atoms with Crippen LogP contribution in [0, 0.1) is 0 Å². The van der Waals surface area contributed by atoms with Crippen molar-refractivity contribution in [2.75, 3.05) is 23.3 Å². The van der Waals surface area contributed by atoms with Crippen LogP contribution in [0.15, 0.2) is 47.3 Å². The van der Waals surface area contributed by atoms with Crippen LogP contribution in [-0.4, -0.2) is 29.0 Å². The molecular weight excluding hydrogens is 421 g/mol. The first-order valence-corrected chi connectivity index (χ1v) is 10.6. The lowest BCUT2D eigenvalue weighted by atomic mass is 10.1.